The number of hydrogen-bond acceptors (Lipinski definition) is 5. The monoisotopic (exact) mass is 427 g/mol. The number of hydrogen-bond donors (Lipinski definition) is 2. The maximum atomic E-state index is 12.5. The zero-order chi connectivity index (χ0) is 22.5. The molecule has 7 heteroatoms. The Morgan fingerprint density at radius 3 is 2.25 bits per heavy atom. The highest BCUT2D eigenvalue weighted by Gasteiger charge is 2.12. The molecule has 0 radical (unpaired) electrons. The summed E-state index contributed by atoms with van der Waals surface area (Å²) >= 11 is 0. The third kappa shape index (κ3) is 4.67. The van der Waals surface area contributed by atoms with Gasteiger partial charge in [-0.05, 0) is 67.1 Å². The van der Waals surface area contributed by atoms with Gasteiger partial charge in [-0.2, -0.15) is 0 Å². The summed E-state index contributed by atoms with van der Waals surface area (Å²) in [7, 11) is 1.59. The summed E-state index contributed by atoms with van der Waals surface area (Å²) in [4.78, 5) is 29.3. The van der Waals surface area contributed by atoms with E-state index in [0.29, 0.717) is 33.9 Å². The van der Waals surface area contributed by atoms with Gasteiger partial charge < -0.3 is 19.8 Å². The highest BCUT2D eigenvalue weighted by molar-refractivity contribution is 6.05. The summed E-state index contributed by atoms with van der Waals surface area (Å²) in [6.45, 7) is 1.96. The largest absolute Gasteiger partial charge is 0.497 e. The topological polar surface area (TPSA) is 93.5 Å². The van der Waals surface area contributed by atoms with Gasteiger partial charge >= 0.3 is 0 Å². The average molecular weight is 427 g/mol. The lowest BCUT2D eigenvalue weighted by atomic mass is 10.0. The van der Waals surface area contributed by atoms with E-state index in [-0.39, 0.29) is 11.8 Å². The van der Waals surface area contributed by atoms with Crippen molar-refractivity contribution in [2.24, 2.45) is 0 Å². The highest BCUT2D eigenvalue weighted by atomic mass is 16.5. The zero-order valence-electron chi connectivity index (χ0n) is 17.6. The highest BCUT2D eigenvalue weighted by Crippen LogP contribution is 2.26. The molecule has 2 N–H and O–H groups in total. The number of nitrogens with one attached hydrogen (secondary N) is 2. The van der Waals surface area contributed by atoms with Crippen molar-refractivity contribution in [1.29, 1.82) is 0 Å². The lowest BCUT2D eigenvalue weighted by Crippen LogP contribution is -2.12. The summed E-state index contributed by atoms with van der Waals surface area (Å²) in [5.74, 6) is 0.201. The minimum atomic E-state index is -0.257. The summed E-state index contributed by atoms with van der Waals surface area (Å²) in [5, 5.41) is 5.68. The van der Waals surface area contributed by atoms with Crippen LogP contribution in [0.1, 0.15) is 26.3 Å². The molecule has 7 nitrogen and oxygen atoms in total. The predicted molar refractivity (Wildman–Crippen MR) is 122 cm³/mol. The van der Waals surface area contributed by atoms with Crippen LogP contribution in [0.3, 0.4) is 0 Å². The van der Waals surface area contributed by atoms with Crippen LogP contribution in [0.4, 0.5) is 11.4 Å². The molecule has 32 heavy (non-hydrogen) atoms. The normalized spacial score (nSPS) is 10.4. The molecule has 0 spiro atoms. The number of methoxy groups -OCH3 is 1. The molecule has 160 valence electrons. The van der Waals surface area contributed by atoms with Gasteiger partial charge in [0.2, 0.25) is 0 Å². The molecule has 2 aromatic heterocycles. The first kappa shape index (κ1) is 20.9. The van der Waals surface area contributed by atoms with Crippen LogP contribution in [0.5, 0.6) is 5.75 Å². The van der Waals surface area contributed by atoms with E-state index in [9.17, 15) is 9.59 Å². The van der Waals surface area contributed by atoms with Gasteiger partial charge in [-0.3, -0.25) is 14.6 Å². The Morgan fingerprint density at radius 1 is 0.875 bits per heavy atom. The fourth-order valence-corrected chi connectivity index (χ4v) is 3.14. The Labute approximate surface area is 185 Å². The fourth-order valence-electron chi connectivity index (χ4n) is 3.14. The van der Waals surface area contributed by atoms with Crippen LogP contribution in [0.15, 0.2) is 83.8 Å². The number of ether oxygens (including phenoxy) is 1. The van der Waals surface area contributed by atoms with Crippen LogP contribution in [0.2, 0.25) is 0 Å². The maximum Gasteiger partial charge on any atom is 0.258 e. The summed E-state index contributed by atoms with van der Waals surface area (Å²) in [6.07, 6.45) is 4.37. The van der Waals surface area contributed by atoms with Gasteiger partial charge in [0.05, 0.1) is 30.2 Å². The second kappa shape index (κ2) is 9.18. The number of furan rings is 1. The summed E-state index contributed by atoms with van der Waals surface area (Å²) < 4.78 is 10.1. The molecule has 0 saturated heterocycles. The second-order valence-electron chi connectivity index (χ2n) is 7.11. The molecule has 2 aromatic carbocycles. The van der Waals surface area contributed by atoms with E-state index in [1.165, 1.54) is 18.7 Å². The van der Waals surface area contributed by atoms with Crippen LogP contribution in [0, 0.1) is 6.92 Å². The zero-order valence-corrected chi connectivity index (χ0v) is 17.6. The molecule has 0 aliphatic heterocycles. The van der Waals surface area contributed by atoms with E-state index in [1.807, 2.05) is 25.1 Å². The van der Waals surface area contributed by atoms with Crippen molar-refractivity contribution in [3.8, 4) is 17.0 Å². The third-order valence-electron chi connectivity index (χ3n) is 4.93. The number of amides is 2. The number of pyridine rings is 1. The average Bonchev–Trinajstić information content (AvgIpc) is 3.36. The molecule has 2 heterocycles. The number of benzene rings is 2. The van der Waals surface area contributed by atoms with Gasteiger partial charge in [0.1, 0.15) is 12.0 Å². The SMILES string of the molecule is COc1ccc(NC(=O)c2ccc(-c3cc(NC(=O)c4ccoc4)ccc3C)nc2)cc1. The Kier molecular flexibility index (Phi) is 5.98. The molecule has 4 aromatic rings. The first-order valence-corrected chi connectivity index (χ1v) is 9.89. The van der Waals surface area contributed by atoms with E-state index in [0.717, 1.165) is 11.1 Å². The molecular weight excluding hydrogens is 406 g/mol. The maximum absolute atomic E-state index is 12.5. The van der Waals surface area contributed by atoms with E-state index < -0.39 is 0 Å². The van der Waals surface area contributed by atoms with Crippen LogP contribution >= 0.6 is 0 Å². The van der Waals surface area contributed by atoms with Gasteiger partial charge in [-0.1, -0.05) is 6.07 Å². The van der Waals surface area contributed by atoms with Crippen molar-refractivity contribution in [2.75, 3.05) is 17.7 Å². The second-order valence-corrected chi connectivity index (χ2v) is 7.11. The van der Waals surface area contributed by atoms with E-state index in [4.69, 9.17) is 9.15 Å². The third-order valence-corrected chi connectivity index (χ3v) is 4.93. The molecule has 0 aliphatic rings. The molecule has 4 rings (SSSR count). The van der Waals surface area contributed by atoms with Gasteiger partial charge in [0, 0.05) is 23.1 Å². The first-order valence-electron chi connectivity index (χ1n) is 9.89. The predicted octanol–water partition coefficient (Wildman–Crippen LogP) is 5.16. The van der Waals surface area contributed by atoms with E-state index in [2.05, 4.69) is 15.6 Å². The van der Waals surface area contributed by atoms with Crippen molar-refractivity contribution in [2.45, 2.75) is 6.92 Å². The summed E-state index contributed by atoms with van der Waals surface area (Å²) in [5.41, 5.74) is 4.73. The minimum absolute atomic E-state index is 0.257. The number of carbonyl (C=O) groups excluding carboxylic acids is 2. The number of aryl methyl sites for hydroxylation is 1. The molecule has 0 atom stereocenters. The molecule has 2 amide bonds. The number of anilines is 2. The lowest BCUT2D eigenvalue weighted by molar-refractivity contribution is 0.101. The minimum Gasteiger partial charge on any atom is -0.497 e. The van der Waals surface area contributed by atoms with E-state index >= 15 is 0 Å². The van der Waals surface area contributed by atoms with Crippen molar-refractivity contribution in [3.63, 3.8) is 0 Å². The van der Waals surface area contributed by atoms with Crippen LogP contribution in [-0.4, -0.2) is 23.9 Å². The Hall–Kier alpha value is -4.39. The fraction of sp³-hybridized carbons (Fsp3) is 0.0800. The standard InChI is InChI=1S/C25H21N3O4/c1-16-3-5-20(28-25(30)18-11-12-32-15-18)13-22(16)23-10-4-17(14-26-23)24(29)27-19-6-8-21(31-2)9-7-19/h3-15H,1-2H3,(H,27,29)(H,28,30). The number of carbonyl (C=O) groups is 2. The smallest absolute Gasteiger partial charge is 0.258 e. The molecule has 0 bridgehead atoms. The van der Waals surface area contributed by atoms with Crippen molar-refractivity contribution in [1.82, 2.24) is 4.98 Å². The van der Waals surface area contributed by atoms with Gasteiger partial charge in [0.25, 0.3) is 11.8 Å². The Balaban J connectivity index is 1.49. The van der Waals surface area contributed by atoms with Crippen molar-refractivity contribution in [3.05, 3.63) is 96.1 Å². The molecule has 0 saturated carbocycles. The number of rotatable bonds is 6. The van der Waals surface area contributed by atoms with Gasteiger partial charge in [0.15, 0.2) is 0 Å². The molecular formula is C25H21N3O4. The lowest BCUT2D eigenvalue weighted by Gasteiger charge is -2.10. The van der Waals surface area contributed by atoms with Crippen LogP contribution in [0.25, 0.3) is 11.3 Å². The molecule has 0 fully saturated rings. The molecule has 0 unspecified atom stereocenters. The van der Waals surface area contributed by atoms with Crippen molar-refractivity contribution < 1.29 is 18.7 Å². The number of nitrogens with zero attached hydrogens (tertiary/aromatic N) is 1. The van der Waals surface area contributed by atoms with Crippen LogP contribution in [-0.2, 0) is 0 Å². The number of aromatic nitrogens is 1. The Bertz CT molecular complexity index is 1230. The molecule has 0 aliphatic carbocycles. The quantitative estimate of drug-likeness (QED) is 0.443. The van der Waals surface area contributed by atoms with Gasteiger partial charge in [-0.15, -0.1) is 0 Å². The first-order chi connectivity index (χ1) is 15.5. The van der Waals surface area contributed by atoms with E-state index in [1.54, 1.807) is 49.6 Å². The van der Waals surface area contributed by atoms with Gasteiger partial charge in [-0.25, -0.2) is 0 Å². The van der Waals surface area contributed by atoms with Crippen molar-refractivity contribution >= 4 is 23.2 Å². The van der Waals surface area contributed by atoms with Crippen LogP contribution < -0.4 is 15.4 Å². The summed E-state index contributed by atoms with van der Waals surface area (Å²) in [6, 6.07) is 17.8. The Morgan fingerprint density at radius 2 is 1.59 bits per heavy atom.